The lowest BCUT2D eigenvalue weighted by Gasteiger charge is -1.98. The summed E-state index contributed by atoms with van der Waals surface area (Å²) in [5.41, 5.74) is 1.24. The Morgan fingerprint density at radius 1 is 0.941 bits per heavy atom. The zero-order valence-corrected chi connectivity index (χ0v) is 10.9. The molecule has 2 heteroatoms. The van der Waals surface area contributed by atoms with Gasteiger partial charge in [0.2, 0.25) is 0 Å². The van der Waals surface area contributed by atoms with Crippen molar-refractivity contribution in [3.05, 3.63) is 71.3 Å². The summed E-state index contributed by atoms with van der Waals surface area (Å²) in [5.74, 6) is 0.969. The average Bonchev–Trinajstić information content (AvgIpc) is 2.38. The largest absolute Gasteiger partial charge is 0.122 e. The van der Waals surface area contributed by atoms with E-state index in [2.05, 4.69) is 24.3 Å². The van der Waals surface area contributed by atoms with Crippen molar-refractivity contribution in [1.29, 1.82) is 0 Å². The van der Waals surface area contributed by atoms with Crippen LogP contribution in [0.25, 0.3) is 6.08 Å². The molecule has 2 aromatic rings. The first kappa shape index (κ1) is 12.3. The van der Waals surface area contributed by atoms with Crippen LogP contribution < -0.4 is 0 Å². The van der Waals surface area contributed by atoms with E-state index < -0.39 is 0 Å². The van der Waals surface area contributed by atoms with E-state index in [0.717, 1.165) is 10.8 Å². The third-order valence-corrected chi connectivity index (χ3v) is 3.49. The molecular formula is C15H13ClS. The normalized spacial score (nSPS) is 10.9. The van der Waals surface area contributed by atoms with Gasteiger partial charge in [-0.05, 0) is 29.8 Å². The third-order valence-electron chi connectivity index (χ3n) is 2.27. The van der Waals surface area contributed by atoms with Crippen LogP contribution >= 0.6 is 23.4 Å². The van der Waals surface area contributed by atoms with E-state index >= 15 is 0 Å². The van der Waals surface area contributed by atoms with Crippen LogP contribution in [-0.2, 0) is 0 Å². The summed E-state index contributed by atoms with van der Waals surface area (Å²) in [6.07, 6.45) is 4.32. The van der Waals surface area contributed by atoms with Crippen LogP contribution in [0.15, 0.2) is 65.6 Å². The van der Waals surface area contributed by atoms with Crippen molar-refractivity contribution in [1.82, 2.24) is 0 Å². The molecular weight excluding hydrogens is 248 g/mol. The van der Waals surface area contributed by atoms with Gasteiger partial charge in [-0.2, -0.15) is 0 Å². The molecule has 0 N–H and O–H groups in total. The van der Waals surface area contributed by atoms with Crippen LogP contribution in [0.1, 0.15) is 5.56 Å². The van der Waals surface area contributed by atoms with Crippen LogP contribution in [-0.4, -0.2) is 5.75 Å². The van der Waals surface area contributed by atoms with Crippen LogP contribution in [0.5, 0.6) is 0 Å². The van der Waals surface area contributed by atoms with Gasteiger partial charge in [0.05, 0.1) is 0 Å². The summed E-state index contributed by atoms with van der Waals surface area (Å²) in [5, 5.41) is 0.786. The van der Waals surface area contributed by atoms with Gasteiger partial charge in [0.15, 0.2) is 0 Å². The van der Waals surface area contributed by atoms with E-state index in [1.165, 1.54) is 10.5 Å². The van der Waals surface area contributed by atoms with E-state index in [-0.39, 0.29) is 0 Å². The maximum atomic E-state index is 5.83. The van der Waals surface area contributed by atoms with E-state index in [1.54, 1.807) is 11.8 Å². The third kappa shape index (κ3) is 4.29. The molecule has 0 aliphatic rings. The first-order valence-corrected chi connectivity index (χ1v) is 6.81. The van der Waals surface area contributed by atoms with Crippen molar-refractivity contribution in [2.45, 2.75) is 4.90 Å². The molecule has 0 spiro atoms. The molecule has 17 heavy (non-hydrogen) atoms. The minimum atomic E-state index is 0.786. The zero-order chi connectivity index (χ0) is 11.9. The number of thioether (sulfide) groups is 1. The fraction of sp³-hybridized carbons (Fsp3) is 0.0667. The Morgan fingerprint density at radius 2 is 1.65 bits per heavy atom. The molecule has 2 rings (SSSR count). The molecule has 0 fully saturated rings. The highest BCUT2D eigenvalue weighted by Gasteiger charge is 1.91. The summed E-state index contributed by atoms with van der Waals surface area (Å²) < 4.78 is 0. The first-order valence-electron chi connectivity index (χ1n) is 5.44. The van der Waals surface area contributed by atoms with Crippen LogP contribution in [0, 0.1) is 0 Å². The Kier molecular flexibility index (Phi) is 4.72. The van der Waals surface area contributed by atoms with Crippen LogP contribution in [0.4, 0.5) is 0 Å². The molecule has 0 unspecified atom stereocenters. The van der Waals surface area contributed by atoms with Gasteiger partial charge in [-0.15, -0.1) is 11.8 Å². The minimum absolute atomic E-state index is 0.786. The molecule has 0 radical (unpaired) electrons. The monoisotopic (exact) mass is 260 g/mol. The van der Waals surface area contributed by atoms with Gasteiger partial charge in [0.25, 0.3) is 0 Å². The van der Waals surface area contributed by atoms with Gasteiger partial charge in [-0.3, -0.25) is 0 Å². The van der Waals surface area contributed by atoms with Gasteiger partial charge in [-0.1, -0.05) is 54.1 Å². The standard InChI is InChI=1S/C15H13ClS/c16-14-8-10-15(11-9-14)17-12-4-7-13-5-2-1-3-6-13/h1-11H,12H2/b7-4+. The second-order valence-corrected chi connectivity index (χ2v) is 5.11. The van der Waals surface area contributed by atoms with Crippen molar-refractivity contribution < 1.29 is 0 Å². The predicted octanol–water partition coefficient (Wildman–Crippen LogP) is 5.15. The summed E-state index contributed by atoms with van der Waals surface area (Å²) >= 11 is 7.63. The highest BCUT2D eigenvalue weighted by atomic mass is 35.5. The number of benzene rings is 2. The van der Waals surface area contributed by atoms with E-state index in [4.69, 9.17) is 11.6 Å². The highest BCUT2D eigenvalue weighted by molar-refractivity contribution is 7.99. The lowest BCUT2D eigenvalue weighted by molar-refractivity contribution is 1.46. The predicted molar refractivity (Wildman–Crippen MR) is 77.7 cm³/mol. The van der Waals surface area contributed by atoms with Gasteiger partial charge < -0.3 is 0 Å². The average molecular weight is 261 g/mol. The first-order chi connectivity index (χ1) is 8.34. The molecule has 0 heterocycles. The van der Waals surface area contributed by atoms with E-state index in [0.29, 0.717) is 0 Å². The molecule has 0 aromatic heterocycles. The molecule has 0 nitrogen and oxygen atoms in total. The molecule has 2 aromatic carbocycles. The smallest absolute Gasteiger partial charge is 0.0406 e. The van der Waals surface area contributed by atoms with E-state index in [1.807, 2.05) is 42.5 Å². The molecule has 0 atom stereocenters. The van der Waals surface area contributed by atoms with Crippen molar-refractivity contribution in [2.75, 3.05) is 5.75 Å². The second kappa shape index (κ2) is 6.53. The Bertz CT molecular complexity index is 474. The molecule has 0 saturated carbocycles. The lowest BCUT2D eigenvalue weighted by Crippen LogP contribution is -1.74. The molecule has 0 bridgehead atoms. The highest BCUT2D eigenvalue weighted by Crippen LogP contribution is 2.20. The quantitative estimate of drug-likeness (QED) is 0.686. The minimum Gasteiger partial charge on any atom is -0.122 e. The van der Waals surface area contributed by atoms with Gasteiger partial charge >= 0.3 is 0 Å². The Hall–Kier alpha value is -1.18. The lowest BCUT2D eigenvalue weighted by atomic mass is 10.2. The zero-order valence-electron chi connectivity index (χ0n) is 9.34. The Labute approximate surface area is 111 Å². The topological polar surface area (TPSA) is 0 Å². The van der Waals surface area contributed by atoms with Gasteiger partial charge in [0, 0.05) is 15.7 Å². The maximum absolute atomic E-state index is 5.83. The SMILES string of the molecule is Clc1ccc(SC/C=C/c2ccccc2)cc1. The Balaban J connectivity index is 1.84. The maximum Gasteiger partial charge on any atom is 0.0406 e. The van der Waals surface area contributed by atoms with Gasteiger partial charge in [0.1, 0.15) is 0 Å². The summed E-state index contributed by atoms with van der Waals surface area (Å²) in [6, 6.07) is 18.3. The number of rotatable bonds is 4. The summed E-state index contributed by atoms with van der Waals surface area (Å²) in [7, 11) is 0. The van der Waals surface area contributed by atoms with Crippen LogP contribution in [0.2, 0.25) is 5.02 Å². The second-order valence-electron chi connectivity index (χ2n) is 3.58. The molecule has 0 aliphatic heterocycles. The fourth-order valence-corrected chi connectivity index (χ4v) is 2.26. The number of hydrogen-bond donors (Lipinski definition) is 0. The Morgan fingerprint density at radius 3 is 2.35 bits per heavy atom. The van der Waals surface area contributed by atoms with Crippen molar-refractivity contribution in [3.63, 3.8) is 0 Å². The van der Waals surface area contributed by atoms with E-state index in [9.17, 15) is 0 Å². The van der Waals surface area contributed by atoms with Crippen LogP contribution in [0.3, 0.4) is 0 Å². The molecule has 86 valence electrons. The summed E-state index contributed by atoms with van der Waals surface area (Å²) in [6.45, 7) is 0. The molecule has 0 saturated heterocycles. The van der Waals surface area contributed by atoms with Gasteiger partial charge in [-0.25, -0.2) is 0 Å². The number of halogens is 1. The van der Waals surface area contributed by atoms with Crippen molar-refractivity contribution >= 4 is 29.4 Å². The molecule has 0 amide bonds. The molecule has 0 aliphatic carbocycles. The summed E-state index contributed by atoms with van der Waals surface area (Å²) in [4.78, 5) is 1.24. The number of hydrogen-bond acceptors (Lipinski definition) is 1. The fourth-order valence-electron chi connectivity index (χ4n) is 1.42. The van der Waals surface area contributed by atoms with Crippen molar-refractivity contribution in [2.24, 2.45) is 0 Å². The van der Waals surface area contributed by atoms with Crippen molar-refractivity contribution in [3.8, 4) is 0 Å².